The topological polar surface area (TPSA) is 51.0 Å². The lowest BCUT2D eigenvalue weighted by Crippen LogP contribution is -2.31. The van der Waals surface area contributed by atoms with Gasteiger partial charge in [0, 0.05) is 11.4 Å². The third kappa shape index (κ3) is 3.58. The van der Waals surface area contributed by atoms with Crippen molar-refractivity contribution < 1.29 is 4.52 Å². The van der Waals surface area contributed by atoms with Gasteiger partial charge < -0.3 is 9.84 Å². The van der Waals surface area contributed by atoms with E-state index in [1.807, 2.05) is 24.3 Å². The fraction of sp³-hybridized carbons (Fsp3) is 0.467. The molecule has 1 atom stereocenters. The lowest BCUT2D eigenvalue weighted by molar-refractivity contribution is 0.351. The van der Waals surface area contributed by atoms with Crippen molar-refractivity contribution in [2.75, 3.05) is 13.1 Å². The zero-order chi connectivity index (χ0) is 13.8. The summed E-state index contributed by atoms with van der Waals surface area (Å²) in [6, 6.07) is 7.74. The second-order valence-corrected chi connectivity index (χ2v) is 5.76. The fourth-order valence-corrected chi connectivity index (χ4v) is 2.84. The maximum atomic E-state index is 5.97. The zero-order valence-corrected chi connectivity index (χ0v) is 12.1. The van der Waals surface area contributed by atoms with Crippen molar-refractivity contribution in [1.82, 2.24) is 15.5 Å². The van der Waals surface area contributed by atoms with Crippen molar-refractivity contribution in [2.45, 2.75) is 25.7 Å². The van der Waals surface area contributed by atoms with Crippen LogP contribution < -0.4 is 5.32 Å². The van der Waals surface area contributed by atoms with E-state index in [1.54, 1.807) is 0 Å². The summed E-state index contributed by atoms with van der Waals surface area (Å²) in [7, 11) is 0. The standard InChI is InChI=1S/C15H18ClN3O/c16-13-5-1-3-11(7-13)9-15-18-14(19-20-15)8-12-4-2-6-17-10-12/h1,3,5,7,12,17H,2,4,6,8-10H2. The van der Waals surface area contributed by atoms with Crippen LogP contribution in [0.2, 0.25) is 5.02 Å². The van der Waals surface area contributed by atoms with Gasteiger partial charge in [-0.1, -0.05) is 28.9 Å². The highest BCUT2D eigenvalue weighted by atomic mass is 35.5. The minimum absolute atomic E-state index is 0.625. The number of piperidine rings is 1. The van der Waals surface area contributed by atoms with E-state index in [0.717, 1.165) is 35.9 Å². The molecule has 106 valence electrons. The van der Waals surface area contributed by atoms with E-state index in [1.165, 1.54) is 12.8 Å². The van der Waals surface area contributed by atoms with Crippen LogP contribution in [-0.4, -0.2) is 23.2 Å². The highest BCUT2D eigenvalue weighted by Crippen LogP contribution is 2.17. The van der Waals surface area contributed by atoms with Gasteiger partial charge in [0.2, 0.25) is 5.89 Å². The zero-order valence-electron chi connectivity index (χ0n) is 11.3. The number of nitrogens with one attached hydrogen (secondary N) is 1. The summed E-state index contributed by atoms with van der Waals surface area (Å²) in [5, 5.41) is 8.22. The smallest absolute Gasteiger partial charge is 0.231 e. The van der Waals surface area contributed by atoms with Crippen molar-refractivity contribution in [1.29, 1.82) is 0 Å². The predicted molar refractivity (Wildman–Crippen MR) is 77.9 cm³/mol. The summed E-state index contributed by atoms with van der Waals surface area (Å²) >= 11 is 5.97. The Balaban J connectivity index is 1.61. The number of nitrogens with zero attached hydrogens (tertiary/aromatic N) is 2. The highest BCUT2D eigenvalue weighted by Gasteiger charge is 2.17. The number of hydrogen-bond donors (Lipinski definition) is 1. The van der Waals surface area contributed by atoms with Crippen molar-refractivity contribution in [3.63, 3.8) is 0 Å². The van der Waals surface area contributed by atoms with E-state index in [-0.39, 0.29) is 0 Å². The van der Waals surface area contributed by atoms with Gasteiger partial charge in [0.1, 0.15) is 0 Å². The quantitative estimate of drug-likeness (QED) is 0.941. The van der Waals surface area contributed by atoms with E-state index in [9.17, 15) is 0 Å². The maximum absolute atomic E-state index is 5.97. The van der Waals surface area contributed by atoms with Crippen LogP contribution in [-0.2, 0) is 12.8 Å². The van der Waals surface area contributed by atoms with Gasteiger partial charge >= 0.3 is 0 Å². The molecule has 1 fully saturated rings. The molecule has 2 aromatic rings. The monoisotopic (exact) mass is 291 g/mol. The molecule has 0 bridgehead atoms. The van der Waals surface area contributed by atoms with Gasteiger partial charge in [-0.2, -0.15) is 4.98 Å². The van der Waals surface area contributed by atoms with Crippen LogP contribution in [0.25, 0.3) is 0 Å². The van der Waals surface area contributed by atoms with Crippen molar-refractivity contribution in [3.05, 3.63) is 46.6 Å². The molecular formula is C15H18ClN3O. The molecule has 5 heteroatoms. The molecular weight excluding hydrogens is 274 g/mol. The van der Waals surface area contributed by atoms with Crippen LogP contribution >= 0.6 is 11.6 Å². The van der Waals surface area contributed by atoms with Crippen LogP contribution in [0.3, 0.4) is 0 Å². The minimum atomic E-state index is 0.625. The van der Waals surface area contributed by atoms with Gasteiger partial charge in [-0.15, -0.1) is 0 Å². The van der Waals surface area contributed by atoms with Gasteiger partial charge in [-0.3, -0.25) is 0 Å². The largest absolute Gasteiger partial charge is 0.339 e. The Morgan fingerprint density at radius 3 is 3.15 bits per heavy atom. The van der Waals surface area contributed by atoms with Crippen molar-refractivity contribution in [2.24, 2.45) is 5.92 Å². The predicted octanol–water partition coefficient (Wildman–Crippen LogP) is 2.86. The summed E-state index contributed by atoms with van der Waals surface area (Å²) in [6.07, 6.45) is 4.01. The van der Waals surface area contributed by atoms with E-state index >= 15 is 0 Å². The molecule has 1 unspecified atom stereocenters. The van der Waals surface area contributed by atoms with Gasteiger partial charge in [-0.05, 0) is 49.5 Å². The van der Waals surface area contributed by atoms with E-state index in [4.69, 9.17) is 16.1 Å². The first-order valence-electron chi connectivity index (χ1n) is 7.06. The average molecular weight is 292 g/mol. The Kier molecular flexibility index (Phi) is 4.33. The lowest BCUT2D eigenvalue weighted by Gasteiger charge is -2.20. The van der Waals surface area contributed by atoms with Gasteiger partial charge in [-0.25, -0.2) is 0 Å². The maximum Gasteiger partial charge on any atom is 0.231 e. The molecule has 0 amide bonds. The molecule has 0 spiro atoms. The lowest BCUT2D eigenvalue weighted by atomic mass is 9.96. The third-order valence-corrected chi connectivity index (χ3v) is 3.86. The molecule has 1 aromatic heterocycles. The van der Waals surface area contributed by atoms with Gasteiger partial charge in [0.05, 0.1) is 6.42 Å². The van der Waals surface area contributed by atoms with Crippen molar-refractivity contribution >= 4 is 11.6 Å². The average Bonchev–Trinajstić information content (AvgIpc) is 2.87. The Morgan fingerprint density at radius 2 is 2.35 bits per heavy atom. The molecule has 20 heavy (non-hydrogen) atoms. The first-order chi connectivity index (χ1) is 9.79. The summed E-state index contributed by atoms with van der Waals surface area (Å²) in [5.41, 5.74) is 1.09. The second kappa shape index (κ2) is 6.37. The molecule has 4 nitrogen and oxygen atoms in total. The molecule has 1 aliphatic heterocycles. The van der Waals surface area contributed by atoms with E-state index in [2.05, 4.69) is 15.5 Å². The first-order valence-corrected chi connectivity index (χ1v) is 7.44. The fourth-order valence-electron chi connectivity index (χ4n) is 2.62. The molecule has 3 rings (SSSR count). The Bertz CT molecular complexity index is 564. The highest BCUT2D eigenvalue weighted by molar-refractivity contribution is 6.30. The Morgan fingerprint density at radius 1 is 1.40 bits per heavy atom. The molecule has 0 radical (unpaired) electrons. The number of aromatic nitrogens is 2. The number of rotatable bonds is 4. The summed E-state index contributed by atoms with van der Waals surface area (Å²) < 4.78 is 5.33. The van der Waals surface area contributed by atoms with E-state index in [0.29, 0.717) is 18.2 Å². The molecule has 2 heterocycles. The first kappa shape index (κ1) is 13.6. The molecule has 0 aliphatic carbocycles. The molecule has 0 saturated carbocycles. The van der Waals surface area contributed by atoms with Crippen LogP contribution in [0.4, 0.5) is 0 Å². The SMILES string of the molecule is Clc1cccc(Cc2nc(CC3CCCNC3)no2)c1. The summed E-state index contributed by atoms with van der Waals surface area (Å²) in [4.78, 5) is 4.48. The molecule has 1 saturated heterocycles. The molecule has 1 aromatic carbocycles. The normalized spacial score (nSPS) is 19.1. The van der Waals surface area contributed by atoms with Crippen LogP contribution in [0.5, 0.6) is 0 Å². The van der Waals surface area contributed by atoms with Gasteiger partial charge in [0.25, 0.3) is 0 Å². The van der Waals surface area contributed by atoms with Crippen LogP contribution in [0, 0.1) is 5.92 Å². The third-order valence-electron chi connectivity index (χ3n) is 3.62. The molecule has 1 N–H and O–H groups in total. The minimum Gasteiger partial charge on any atom is -0.339 e. The summed E-state index contributed by atoms with van der Waals surface area (Å²) in [5.74, 6) is 2.10. The number of benzene rings is 1. The Labute approximate surface area is 123 Å². The van der Waals surface area contributed by atoms with E-state index < -0.39 is 0 Å². The Hall–Kier alpha value is -1.39. The number of hydrogen-bond acceptors (Lipinski definition) is 4. The molecule has 1 aliphatic rings. The van der Waals surface area contributed by atoms with Crippen LogP contribution in [0.15, 0.2) is 28.8 Å². The van der Waals surface area contributed by atoms with Crippen molar-refractivity contribution in [3.8, 4) is 0 Å². The van der Waals surface area contributed by atoms with Gasteiger partial charge in [0.15, 0.2) is 5.82 Å². The number of halogens is 1. The summed E-state index contributed by atoms with van der Waals surface area (Å²) in [6.45, 7) is 2.18. The second-order valence-electron chi connectivity index (χ2n) is 5.33. The van der Waals surface area contributed by atoms with Crippen LogP contribution in [0.1, 0.15) is 30.1 Å².